The van der Waals surface area contributed by atoms with E-state index >= 15 is 0 Å². The van der Waals surface area contributed by atoms with Crippen LogP contribution in [0, 0.1) is 10.1 Å². The third kappa shape index (κ3) is 3.31. The summed E-state index contributed by atoms with van der Waals surface area (Å²) in [5.74, 6) is 0.701. The Labute approximate surface area is 151 Å². The van der Waals surface area contributed by atoms with Gasteiger partial charge in [0.15, 0.2) is 5.78 Å². The van der Waals surface area contributed by atoms with E-state index in [1.807, 2.05) is 6.07 Å². The summed E-state index contributed by atoms with van der Waals surface area (Å²) in [6.45, 7) is 0. The monoisotopic (exact) mass is 352 g/mol. The maximum absolute atomic E-state index is 12.8. The molecule has 0 bridgehead atoms. The molecule has 2 aromatic carbocycles. The molecule has 0 N–H and O–H groups in total. The van der Waals surface area contributed by atoms with E-state index < -0.39 is 4.92 Å². The molecule has 0 spiro atoms. The van der Waals surface area contributed by atoms with Gasteiger partial charge < -0.3 is 9.64 Å². The predicted octanol–water partition coefficient (Wildman–Crippen LogP) is 3.88. The number of anilines is 1. The third-order valence-electron chi connectivity index (χ3n) is 4.53. The average molecular weight is 352 g/mol. The Morgan fingerprint density at radius 3 is 2.58 bits per heavy atom. The molecule has 0 saturated heterocycles. The van der Waals surface area contributed by atoms with Crippen LogP contribution in [-0.2, 0) is 6.42 Å². The second-order valence-corrected chi connectivity index (χ2v) is 6.42. The molecule has 0 aliphatic heterocycles. The number of fused-ring (bicyclic) bond motifs is 1. The summed E-state index contributed by atoms with van der Waals surface area (Å²) in [5, 5.41) is 11.3. The van der Waals surface area contributed by atoms with Crippen LogP contribution in [0.5, 0.6) is 5.75 Å². The molecule has 6 nitrogen and oxygen atoms in total. The van der Waals surface area contributed by atoms with Gasteiger partial charge in [0.2, 0.25) is 0 Å². The highest BCUT2D eigenvalue weighted by atomic mass is 16.6. The van der Waals surface area contributed by atoms with Gasteiger partial charge in [-0.25, -0.2) is 0 Å². The van der Waals surface area contributed by atoms with E-state index in [4.69, 9.17) is 4.74 Å². The molecule has 1 aliphatic carbocycles. The summed E-state index contributed by atoms with van der Waals surface area (Å²) >= 11 is 0. The van der Waals surface area contributed by atoms with Gasteiger partial charge >= 0.3 is 0 Å². The molecule has 0 heterocycles. The molecule has 0 unspecified atom stereocenters. The highest BCUT2D eigenvalue weighted by molar-refractivity contribution is 6.13. The van der Waals surface area contributed by atoms with E-state index in [2.05, 4.69) is 0 Å². The maximum Gasteiger partial charge on any atom is 0.293 e. The molecule has 0 fully saturated rings. The van der Waals surface area contributed by atoms with Crippen LogP contribution in [0.25, 0.3) is 6.08 Å². The number of rotatable bonds is 4. The number of methoxy groups -OCH3 is 1. The number of Topliss-reactive ketones (excluding diaryl/α,β-unsaturated/α-hetero) is 1. The van der Waals surface area contributed by atoms with E-state index in [1.165, 1.54) is 6.07 Å². The highest BCUT2D eigenvalue weighted by Gasteiger charge is 2.23. The molecule has 134 valence electrons. The fraction of sp³-hybridized carbons (Fsp3) is 0.250. The first-order valence-electron chi connectivity index (χ1n) is 8.28. The number of hydrogen-bond acceptors (Lipinski definition) is 5. The predicted molar refractivity (Wildman–Crippen MR) is 101 cm³/mol. The number of benzene rings is 2. The molecular weight excluding hydrogens is 332 g/mol. The van der Waals surface area contributed by atoms with Crippen molar-refractivity contribution in [2.24, 2.45) is 0 Å². The second-order valence-electron chi connectivity index (χ2n) is 6.42. The van der Waals surface area contributed by atoms with Gasteiger partial charge in [-0.05, 0) is 54.3 Å². The van der Waals surface area contributed by atoms with E-state index in [1.54, 1.807) is 56.4 Å². The summed E-state index contributed by atoms with van der Waals surface area (Å²) < 4.78 is 5.21. The molecule has 0 atom stereocenters. The van der Waals surface area contributed by atoms with Crippen LogP contribution < -0.4 is 9.64 Å². The van der Waals surface area contributed by atoms with Gasteiger partial charge in [-0.2, -0.15) is 0 Å². The van der Waals surface area contributed by atoms with Gasteiger partial charge in [0, 0.05) is 31.3 Å². The van der Waals surface area contributed by atoms with E-state index in [0.717, 1.165) is 17.7 Å². The first kappa shape index (κ1) is 17.7. The van der Waals surface area contributed by atoms with Gasteiger partial charge in [0.1, 0.15) is 11.4 Å². The molecule has 0 aromatic heterocycles. The molecule has 0 amide bonds. The van der Waals surface area contributed by atoms with Crippen LogP contribution >= 0.6 is 0 Å². The van der Waals surface area contributed by atoms with Crippen molar-refractivity contribution in [2.45, 2.75) is 12.8 Å². The number of nitro benzene ring substituents is 1. The molecule has 1 aliphatic rings. The Morgan fingerprint density at radius 1 is 1.15 bits per heavy atom. The molecular formula is C20H20N2O4. The van der Waals surface area contributed by atoms with Gasteiger partial charge in [0.25, 0.3) is 5.69 Å². The topological polar surface area (TPSA) is 72.7 Å². The lowest BCUT2D eigenvalue weighted by Crippen LogP contribution is -2.14. The van der Waals surface area contributed by atoms with Crippen LogP contribution in [-0.4, -0.2) is 31.9 Å². The Hall–Kier alpha value is -3.15. The Bertz CT molecular complexity index is 916. The summed E-state index contributed by atoms with van der Waals surface area (Å²) in [6, 6.07) is 10.5. The number of nitrogens with zero attached hydrogens (tertiary/aromatic N) is 2. The van der Waals surface area contributed by atoms with Gasteiger partial charge in [-0.15, -0.1) is 0 Å². The van der Waals surface area contributed by atoms with Gasteiger partial charge in [-0.3, -0.25) is 14.9 Å². The van der Waals surface area contributed by atoms with Crippen LogP contribution in [0.1, 0.15) is 27.9 Å². The number of aryl methyl sites for hydroxylation is 1. The normalized spacial score (nSPS) is 14.9. The quantitative estimate of drug-likeness (QED) is 0.474. The van der Waals surface area contributed by atoms with Crippen LogP contribution in [0.2, 0.25) is 0 Å². The summed E-state index contributed by atoms with van der Waals surface area (Å²) in [5.41, 5.74) is 3.52. The zero-order chi connectivity index (χ0) is 18.8. The number of hydrogen-bond donors (Lipinski definition) is 0. The van der Waals surface area contributed by atoms with Crippen molar-refractivity contribution in [1.82, 2.24) is 0 Å². The first-order chi connectivity index (χ1) is 12.4. The van der Waals surface area contributed by atoms with Crippen molar-refractivity contribution < 1.29 is 14.5 Å². The van der Waals surface area contributed by atoms with Gasteiger partial charge in [0.05, 0.1) is 12.0 Å². The lowest BCUT2D eigenvalue weighted by Gasteiger charge is -2.18. The van der Waals surface area contributed by atoms with Crippen LogP contribution in [0.15, 0.2) is 42.0 Å². The lowest BCUT2D eigenvalue weighted by molar-refractivity contribution is -0.384. The third-order valence-corrected chi connectivity index (χ3v) is 4.53. The molecule has 6 heteroatoms. The first-order valence-corrected chi connectivity index (χ1v) is 8.28. The largest absolute Gasteiger partial charge is 0.497 e. The lowest BCUT2D eigenvalue weighted by atomic mass is 9.86. The zero-order valence-electron chi connectivity index (χ0n) is 15.0. The van der Waals surface area contributed by atoms with Crippen molar-refractivity contribution in [3.8, 4) is 5.75 Å². The molecule has 2 aromatic rings. The SMILES string of the molecule is COc1ccc2c(c1)CC/C(=C\c1ccc(N(C)C)c([N+](=O)[O-])c1)C2=O. The van der Waals surface area contributed by atoms with E-state index in [9.17, 15) is 14.9 Å². The fourth-order valence-electron chi connectivity index (χ4n) is 3.17. The van der Waals surface area contributed by atoms with Crippen molar-refractivity contribution in [3.63, 3.8) is 0 Å². The van der Waals surface area contributed by atoms with E-state index in [0.29, 0.717) is 28.8 Å². The van der Waals surface area contributed by atoms with Crippen LogP contribution in [0.3, 0.4) is 0 Å². The smallest absolute Gasteiger partial charge is 0.293 e. The van der Waals surface area contributed by atoms with Crippen molar-refractivity contribution in [2.75, 3.05) is 26.1 Å². The zero-order valence-corrected chi connectivity index (χ0v) is 15.0. The Kier molecular flexibility index (Phi) is 4.75. The minimum atomic E-state index is -0.401. The van der Waals surface area contributed by atoms with E-state index in [-0.39, 0.29) is 11.5 Å². The number of allylic oxidation sites excluding steroid dienone is 1. The Morgan fingerprint density at radius 2 is 1.92 bits per heavy atom. The van der Waals surface area contributed by atoms with Crippen molar-refractivity contribution >= 4 is 23.2 Å². The number of carbonyl (C=O) groups is 1. The molecule has 26 heavy (non-hydrogen) atoms. The number of carbonyl (C=O) groups excluding carboxylic acids is 1. The molecule has 0 radical (unpaired) electrons. The minimum Gasteiger partial charge on any atom is -0.497 e. The summed E-state index contributed by atoms with van der Waals surface area (Å²) in [4.78, 5) is 25.4. The van der Waals surface area contributed by atoms with Crippen molar-refractivity contribution in [1.29, 1.82) is 0 Å². The standard InChI is InChI=1S/C20H20N2O4/c1-21(2)18-9-4-13(11-19(18)22(24)25)10-15-6-5-14-12-16(26-3)7-8-17(14)20(15)23/h4,7-12H,5-6H2,1-3H3/b15-10+. The highest BCUT2D eigenvalue weighted by Crippen LogP contribution is 2.32. The minimum absolute atomic E-state index is 0.0257. The number of ether oxygens (including phenoxy) is 1. The maximum atomic E-state index is 12.8. The van der Waals surface area contributed by atoms with Crippen molar-refractivity contribution in [3.05, 3.63) is 68.8 Å². The molecule has 0 saturated carbocycles. The summed E-state index contributed by atoms with van der Waals surface area (Å²) in [7, 11) is 5.12. The fourth-order valence-corrected chi connectivity index (χ4v) is 3.17. The second kappa shape index (κ2) is 7.00. The summed E-state index contributed by atoms with van der Waals surface area (Å²) in [6.07, 6.45) is 3.09. The number of nitro groups is 1. The average Bonchev–Trinajstić information content (AvgIpc) is 2.63. The van der Waals surface area contributed by atoms with Crippen LogP contribution in [0.4, 0.5) is 11.4 Å². The number of ketones is 1. The van der Waals surface area contributed by atoms with Gasteiger partial charge in [-0.1, -0.05) is 6.07 Å². The molecule has 3 rings (SSSR count). The Balaban J connectivity index is 1.97.